The molecule has 1 aliphatic heterocycles. The maximum absolute atomic E-state index is 11.2. The highest BCUT2D eigenvalue weighted by atomic mass is 16.9. The third kappa shape index (κ3) is 3.54. The van der Waals surface area contributed by atoms with Gasteiger partial charge in [-0.3, -0.25) is 4.74 Å². The summed E-state index contributed by atoms with van der Waals surface area (Å²) in [6.07, 6.45) is 10.4. The van der Waals surface area contributed by atoms with Crippen LogP contribution in [-0.2, 0) is 15.1 Å². The molecule has 5 heteroatoms. The molecule has 4 rings (SSSR count). The third-order valence-corrected chi connectivity index (χ3v) is 6.69. The molecule has 1 aromatic carbocycles. The molecule has 0 aromatic heterocycles. The van der Waals surface area contributed by atoms with E-state index in [9.17, 15) is 4.79 Å². The average molecular weight is 374 g/mol. The summed E-state index contributed by atoms with van der Waals surface area (Å²) in [6, 6.07) is 6.15. The molecule has 2 fully saturated rings. The Morgan fingerprint density at radius 2 is 1.63 bits per heavy atom. The fourth-order valence-electron chi connectivity index (χ4n) is 5.56. The van der Waals surface area contributed by atoms with Crippen LogP contribution < -0.4 is 4.74 Å². The van der Waals surface area contributed by atoms with E-state index >= 15 is 0 Å². The lowest BCUT2D eigenvalue weighted by molar-refractivity contribution is -0.324. The Bertz CT molecular complexity index is 655. The molecule has 2 saturated carbocycles. The molecule has 1 heterocycles. The zero-order chi connectivity index (χ0) is 18.9. The number of ether oxygens (including phenoxy) is 3. The number of carboxylic acid groups (broad SMARTS) is 1. The quantitative estimate of drug-likeness (QED) is 0.684. The van der Waals surface area contributed by atoms with Crippen LogP contribution in [0.3, 0.4) is 0 Å². The normalized spacial score (nSPS) is 26.0. The lowest BCUT2D eigenvalue weighted by Gasteiger charge is -2.52. The molecule has 5 nitrogen and oxygen atoms in total. The van der Waals surface area contributed by atoms with E-state index in [1.54, 1.807) is 0 Å². The van der Waals surface area contributed by atoms with Gasteiger partial charge in [0.15, 0.2) is 0 Å². The van der Waals surface area contributed by atoms with E-state index in [1.807, 2.05) is 12.1 Å². The Kier molecular flexibility index (Phi) is 5.31. The summed E-state index contributed by atoms with van der Waals surface area (Å²) in [5.74, 6) is 1.46. The topological polar surface area (TPSA) is 65.0 Å². The van der Waals surface area contributed by atoms with Gasteiger partial charge in [0.25, 0.3) is 0 Å². The van der Waals surface area contributed by atoms with Crippen molar-refractivity contribution in [3.63, 3.8) is 0 Å². The number of rotatable bonds is 3. The second kappa shape index (κ2) is 7.70. The molecule has 27 heavy (non-hydrogen) atoms. The molecule has 0 bridgehead atoms. The molecule has 2 aliphatic carbocycles. The molecular formula is C22H30O5. The number of hydrogen-bond donors (Lipinski definition) is 1. The first kappa shape index (κ1) is 18.6. The minimum absolute atomic E-state index is 0.374. The first-order chi connectivity index (χ1) is 13.1. The van der Waals surface area contributed by atoms with Crippen LogP contribution in [-0.4, -0.2) is 17.7 Å². The molecule has 3 aliphatic rings. The molecule has 148 valence electrons. The van der Waals surface area contributed by atoms with Gasteiger partial charge in [0.05, 0.1) is 0 Å². The molecule has 1 atom stereocenters. The van der Waals surface area contributed by atoms with Gasteiger partial charge in [-0.1, -0.05) is 50.2 Å². The highest BCUT2D eigenvalue weighted by molar-refractivity contribution is 5.57. The minimum atomic E-state index is -1.36. The van der Waals surface area contributed by atoms with Crippen LogP contribution in [0.5, 0.6) is 5.75 Å². The van der Waals surface area contributed by atoms with Gasteiger partial charge in [-0.15, -0.1) is 0 Å². The Morgan fingerprint density at radius 3 is 2.19 bits per heavy atom. The fourth-order valence-corrected chi connectivity index (χ4v) is 5.56. The van der Waals surface area contributed by atoms with Crippen LogP contribution in [0.2, 0.25) is 0 Å². The molecule has 1 aromatic rings. The zero-order valence-electron chi connectivity index (χ0n) is 16.1. The van der Waals surface area contributed by atoms with E-state index in [0.29, 0.717) is 17.6 Å². The van der Waals surface area contributed by atoms with E-state index in [4.69, 9.17) is 19.3 Å². The number of benzene rings is 1. The van der Waals surface area contributed by atoms with Crippen LogP contribution in [0.1, 0.15) is 75.3 Å². The van der Waals surface area contributed by atoms with Crippen LogP contribution in [0.4, 0.5) is 4.79 Å². The lowest BCUT2D eigenvalue weighted by Crippen LogP contribution is -2.53. The van der Waals surface area contributed by atoms with Crippen molar-refractivity contribution in [1.82, 2.24) is 0 Å². The van der Waals surface area contributed by atoms with Crippen molar-refractivity contribution in [2.45, 2.75) is 83.2 Å². The summed E-state index contributed by atoms with van der Waals surface area (Å²) in [6.45, 7) is 0.897. The first-order valence-corrected chi connectivity index (χ1v) is 10.4. The Hall–Kier alpha value is -1.75. The smallest absolute Gasteiger partial charge is 0.450 e. The number of carbonyl (C=O) groups is 1. The average Bonchev–Trinajstić information content (AvgIpc) is 2.68. The van der Waals surface area contributed by atoms with Gasteiger partial charge in [-0.2, -0.15) is 0 Å². The van der Waals surface area contributed by atoms with Crippen molar-refractivity contribution in [3.8, 4) is 5.75 Å². The van der Waals surface area contributed by atoms with Gasteiger partial charge in [0.1, 0.15) is 11.4 Å². The van der Waals surface area contributed by atoms with Gasteiger partial charge >= 0.3 is 12.6 Å². The van der Waals surface area contributed by atoms with Crippen LogP contribution in [0, 0.1) is 18.8 Å². The molecule has 1 N–H and O–H groups in total. The van der Waals surface area contributed by atoms with Gasteiger partial charge in [-0.05, 0) is 56.6 Å². The Balaban J connectivity index is 1.82. The molecule has 0 spiro atoms. The van der Waals surface area contributed by atoms with Crippen molar-refractivity contribution in [3.05, 3.63) is 29.3 Å². The van der Waals surface area contributed by atoms with Gasteiger partial charge in [0, 0.05) is 5.56 Å². The third-order valence-electron chi connectivity index (χ3n) is 6.69. The predicted molar refractivity (Wildman–Crippen MR) is 101 cm³/mol. The van der Waals surface area contributed by atoms with E-state index < -0.39 is 18.2 Å². The predicted octanol–water partition coefficient (Wildman–Crippen LogP) is 5.74. The summed E-state index contributed by atoms with van der Waals surface area (Å²) in [4.78, 5) is 11.2. The van der Waals surface area contributed by atoms with E-state index in [0.717, 1.165) is 31.2 Å². The van der Waals surface area contributed by atoms with E-state index in [-0.39, 0.29) is 0 Å². The molecule has 1 unspecified atom stereocenters. The van der Waals surface area contributed by atoms with Crippen molar-refractivity contribution in [2.24, 2.45) is 11.8 Å². The van der Waals surface area contributed by atoms with Gasteiger partial charge in [0.2, 0.25) is 0 Å². The van der Waals surface area contributed by atoms with Crippen molar-refractivity contribution in [2.75, 3.05) is 0 Å². The minimum Gasteiger partial charge on any atom is -0.450 e. The number of fused-ring (bicyclic) bond motifs is 1. The van der Waals surface area contributed by atoms with Gasteiger partial charge in [-0.25, -0.2) is 4.79 Å². The summed E-state index contributed by atoms with van der Waals surface area (Å²) >= 11 is 0. The first-order valence-electron chi connectivity index (χ1n) is 10.4. The Labute approximate surface area is 161 Å². The summed E-state index contributed by atoms with van der Waals surface area (Å²) in [5, 5.41) is 9.17. The van der Waals surface area contributed by atoms with Crippen molar-refractivity contribution in [1.29, 1.82) is 0 Å². The SMILES string of the molecule is Cc1ccc2c(c1)C(C1CCCCC1)(C1CCCCC1)OC(OC(=O)O)O2. The zero-order valence-corrected chi connectivity index (χ0v) is 16.1. The molecular weight excluding hydrogens is 344 g/mol. The summed E-state index contributed by atoms with van der Waals surface area (Å²) < 4.78 is 17.3. The van der Waals surface area contributed by atoms with Crippen LogP contribution in [0.15, 0.2) is 18.2 Å². The van der Waals surface area contributed by atoms with Crippen LogP contribution >= 0.6 is 0 Å². The second-order valence-electron chi connectivity index (χ2n) is 8.37. The second-order valence-corrected chi connectivity index (χ2v) is 8.37. The maximum Gasteiger partial charge on any atom is 0.510 e. The summed E-state index contributed by atoms with van der Waals surface area (Å²) in [7, 11) is 0. The number of aryl methyl sites for hydroxylation is 1. The fraction of sp³-hybridized carbons (Fsp3) is 0.682. The van der Waals surface area contributed by atoms with Gasteiger partial charge < -0.3 is 14.6 Å². The number of hydrogen-bond acceptors (Lipinski definition) is 4. The maximum atomic E-state index is 11.2. The Morgan fingerprint density at radius 1 is 1.04 bits per heavy atom. The van der Waals surface area contributed by atoms with Crippen LogP contribution in [0.25, 0.3) is 0 Å². The molecule has 0 saturated heterocycles. The van der Waals surface area contributed by atoms with E-state index in [2.05, 4.69) is 13.0 Å². The van der Waals surface area contributed by atoms with Crippen molar-refractivity contribution < 1.29 is 24.1 Å². The highest BCUT2D eigenvalue weighted by Gasteiger charge is 2.54. The largest absolute Gasteiger partial charge is 0.510 e. The highest BCUT2D eigenvalue weighted by Crippen LogP contribution is 2.56. The summed E-state index contributed by atoms with van der Waals surface area (Å²) in [5.41, 5.74) is 1.77. The molecule has 0 radical (unpaired) electrons. The van der Waals surface area contributed by atoms with Crippen molar-refractivity contribution >= 4 is 6.16 Å². The monoisotopic (exact) mass is 374 g/mol. The lowest BCUT2D eigenvalue weighted by atomic mass is 9.63. The standard InChI is InChI=1S/C22H30O5/c1-15-12-13-19-18(14-15)22(16-8-4-2-5-9-16,17-10-6-3-7-11-17)27-21(25-19)26-20(23)24/h12-14,16-17,21H,2-11H2,1H3,(H,23,24). The molecule has 0 amide bonds. The van der Waals surface area contributed by atoms with E-state index in [1.165, 1.54) is 44.1 Å².